The molecule has 0 aliphatic heterocycles. The van der Waals surface area contributed by atoms with Crippen LogP contribution >= 0.6 is 15.9 Å². The van der Waals surface area contributed by atoms with Gasteiger partial charge in [0.2, 0.25) is 10.0 Å². The standard InChI is InChI=1S/C12H13BrFNO4S/c13-8-2-3-10(9(14)6-8)20(18,19)15-12(4-1-5-12)7-11(16)17/h2-3,6,15H,1,4-5,7H2,(H,16,17). The summed E-state index contributed by atoms with van der Waals surface area (Å²) in [5.41, 5.74) is -0.996. The number of aliphatic carboxylic acids is 1. The van der Waals surface area contributed by atoms with Gasteiger partial charge in [0, 0.05) is 10.0 Å². The van der Waals surface area contributed by atoms with Crippen molar-refractivity contribution in [3.63, 3.8) is 0 Å². The van der Waals surface area contributed by atoms with Gasteiger partial charge in [-0.15, -0.1) is 0 Å². The molecule has 8 heteroatoms. The summed E-state index contributed by atoms with van der Waals surface area (Å²) < 4.78 is 40.9. The molecule has 0 heterocycles. The summed E-state index contributed by atoms with van der Waals surface area (Å²) in [7, 11) is -4.08. The molecule has 20 heavy (non-hydrogen) atoms. The Kier molecular flexibility index (Phi) is 4.17. The number of sulfonamides is 1. The molecular formula is C12H13BrFNO4S. The van der Waals surface area contributed by atoms with Gasteiger partial charge < -0.3 is 5.11 Å². The summed E-state index contributed by atoms with van der Waals surface area (Å²) in [6.07, 6.45) is 1.33. The van der Waals surface area contributed by atoms with Gasteiger partial charge in [-0.05, 0) is 37.5 Å². The van der Waals surface area contributed by atoms with Crippen molar-refractivity contribution in [3.05, 3.63) is 28.5 Å². The van der Waals surface area contributed by atoms with E-state index in [1.54, 1.807) is 0 Å². The molecule has 1 aromatic rings. The molecule has 0 radical (unpaired) electrons. The third-order valence-corrected chi connectivity index (χ3v) is 5.44. The number of carbonyl (C=O) groups is 1. The Morgan fingerprint density at radius 3 is 2.55 bits per heavy atom. The van der Waals surface area contributed by atoms with E-state index in [4.69, 9.17) is 5.11 Å². The van der Waals surface area contributed by atoms with Crippen molar-refractivity contribution in [3.8, 4) is 0 Å². The number of hydrogen-bond donors (Lipinski definition) is 2. The van der Waals surface area contributed by atoms with E-state index in [2.05, 4.69) is 20.7 Å². The summed E-state index contributed by atoms with van der Waals surface area (Å²) in [6.45, 7) is 0. The van der Waals surface area contributed by atoms with Gasteiger partial charge in [-0.1, -0.05) is 15.9 Å². The van der Waals surface area contributed by atoms with Crippen LogP contribution in [0.4, 0.5) is 4.39 Å². The molecule has 0 spiro atoms. The molecular weight excluding hydrogens is 353 g/mol. The second-order valence-electron chi connectivity index (χ2n) is 4.88. The number of hydrogen-bond acceptors (Lipinski definition) is 3. The molecule has 1 saturated carbocycles. The maximum atomic E-state index is 13.7. The first-order valence-corrected chi connectivity index (χ1v) is 8.23. The monoisotopic (exact) mass is 365 g/mol. The van der Waals surface area contributed by atoms with Gasteiger partial charge in [0.15, 0.2) is 0 Å². The lowest BCUT2D eigenvalue weighted by Gasteiger charge is -2.40. The van der Waals surface area contributed by atoms with Gasteiger partial charge in [0.05, 0.1) is 6.42 Å². The Morgan fingerprint density at radius 2 is 2.10 bits per heavy atom. The number of carboxylic acid groups (broad SMARTS) is 1. The predicted octanol–water partition coefficient (Wildman–Crippen LogP) is 2.26. The van der Waals surface area contributed by atoms with Gasteiger partial charge in [-0.2, -0.15) is 0 Å². The van der Waals surface area contributed by atoms with E-state index in [1.165, 1.54) is 6.07 Å². The van der Waals surface area contributed by atoms with Crippen LogP contribution in [0.3, 0.4) is 0 Å². The second-order valence-corrected chi connectivity index (χ2v) is 7.45. The Balaban J connectivity index is 2.29. The summed E-state index contributed by atoms with van der Waals surface area (Å²) in [5, 5.41) is 8.86. The number of rotatable bonds is 5. The lowest BCUT2D eigenvalue weighted by Crippen LogP contribution is -2.54. The first kappa shape index (κ1) is 15.4. The van der Waals surface area contributed by atoms with Crippen LogP contribution in [0.5, 0.6) is 0 Å². The predicted molar refractivity (Wildman–Crippen MR) is 73.3 cm³/mol. The lowest BCUT2D eigenvalue weighted by atomic mass is 9.75. The molecule has 1 aliphatic carbocycles. The van der Waals surface area contributed by atoms with Crippen LogP contribution in [-0.4, -0.2) is 25.0 Å². The first-order valence-electron chi connectivity index (χ1n) is 5.95. The van der Waals surface area contributed by atoms with Gasteiger partial charge >= 0.3 is 5.97 Å². The fourth-order valence-corrected chi connectivity index (χ4v) is 4.09. The highest BCUT2D eigenvalue weighted by atomic mass is 79.9. The molecule has 1 fully saturated rings. The molecule has 0 bridgehead atoms. The molecule has 0 atom stereocenters. The van der Waals surface area contributed by atoms with Crippen molar-refractivity contribution in [2.45, 2.75) is 36.1 Å². The molecule has 0 aromatic heterocycles. The van der Waals surface area contributed by atoms with Crippen LogP contribution in [0.1, 0.15) is 25.7 Å². The smallest absolute Gasteiger partial charge is 0.305 e. The molecule has 110 valence electrons. The Bertz CT molecular complexity index is 643. The number of carboxylic acids is 1. The zero-order valence-electron chi connectivity index (χ0n) is 10.4. The van der Waals surface area contributed by atoms with E-state index in [-0.39, 0.29) is 6.42 Å². The van der Waals surface area contributed by atoms with Crippen molar-refractivity contribution in [2.24, 2.45) is 0 Å². The molecule has 2 rings (SSSR count). The summed E-state index contributed by atoms with van der Waals surface area (Å²) in [5.74, 6) is -1.96. The third-order valence-electron chi connectivity index (χ3n) is 3.33. The van der Waals surface area contributed by atoms with Crippen molar-refractivity contribution in [1.29, 1.82) is 0 Å². The molecule has 2 N–H and O–H groups in total. The average Bonchev–Trinajstić information content (AvgIpc) is 2.24. The van der Waals surface area contributed by atoms with Crippen LogP contribution in [0.25, 0.3) is 0 Å². The first-order chi connectivity index (χ1) is 9.24. The SMILES string of the molecule is O=C(O)CC1(NS(=O)(=O)c2ccc(Br)cc2F)CCC1. The number of nitrogens with one attached hydrogen (secondary N) is 1. The Labute approximate surface area is 124 Å². The Morgan fingerprint density at radius 1 is 1.45 bits per heavy atom. The normalized spacial score (nSPS) is 17.5. The fraction of sp³-hybridized carbons (Fsp3) is 0.417. The maximum Gasteiger partial charge on any atom is 0.305 e. The summed E-state index contributed by atoms with van der Waals surface area (Å²) in [6, 6.07) is 3.62. The summed E-state index contributed by atoms with van der Waals surface area (Å²) in [4.78, 5) is 10.4. The van der Waals surface area contributed by atoms with Gasteiger partial charge in [-0.3, -0.25) is 4.79 Å². The van der Waals surface area contributed by atoms with Gasteiger partial charge in [0.25, 0.3) is 0 Å². The average molecular weight is 366 g/mol. The lowest BCUT2D eigenvalue weighted by molar-refractivity contribution is -0.139. The van der Waals surface area contributed by atoms with E-state index in [1.807, 2.05) is 0 Å². The summed E-state index contributed by atoms with van der Waals surface area (Å²) >= 11 is 3.05. The zero-order valence-corrected chi connectivity index (χ0v) is 12.8. The highest BCUT2D eigenvalue weighted by molar-refractivity contribution is 9.10. The van der Waals surface area contributed by atoms with Crippen LogP contribution in [0.15, 0.2) is 27.6 Å². The molecule has 5 nitrogen and oxygen atoms in total. The minimum absolute atomic E-state index is 0.301. The highest BCUT2D eigenvalue weighted by Crippen LogP contribution is 2.36. The van der Waals surface area contributed by atoms with Gasteiger partial charge in [0.1, 0.15) is 10.7 Å². The largest absolute Gasteiger partial charge is 0.481 e. The van der Waals surface area contributed by atoms with Crippen LogP contribution in [0, 0.1) is 5.82 Å². The van der Waals surface area contributed by atoms with E-state index >= 15 is 0 Å². The van der Waals surface area contributed by atoms with E-state index < -0.39 is 32.2 Å². The second kappa shape index (κ2) is 5.42. The topological polar surface area (TPSA) is 83.5 Å². The Hall–Kier alpha value is -0.990. The van der Waals surface area contributed by atoms with Crippen molar-refractivity contribution in [1.82, 2.24) is 4.72 Å². The zero-order chi connectivity index (χ0) is 15.0. The number of halogens is 2. The molecule has 1 aromatic carbocycles. The molecule has 0 unspecified atom stereocenters. The van der Waals surface area contributed by atoms with Gasteiger partial charge in [-0.25, -0.2) is 17.5 Å². The van der Waals surface area contributed by atoms with Crippen molar-refractivity contribution < 1.29 is 22.7 Å². The van der Waals surface area contributed by atoms with Crippen LogP contribution in [0.2, 0.25) is 0 Å². The van der Waals surface area contributed by atoms with Crippen LogP contribution in [-0.2, 0) is 14.8 Å². The molecule has 0 amide bonds. The third kappa shape index (κ3) is 3.18. The number of benzene rings is 1. The molecule has 1 aliphatic rings. The highest BCUT2D eigenvalue weighted by Gasteiger charge is 2.43. The molecule has 0 saturated heterocycles. The van der Waals surface area contributed by atoms with E-state index in [9.17, 15) is 17.6 Å². The van der Waals surface area contributed by atoms with Crippen LogP contribution < -0.4 is 4.72 Å². The quantitative estimate of drug-likeness (QED) is 0.838. The van der Waals surface area contributed by atoms with Crippen molar-refractivity contribution >= 4 is 31.9 Å². The fourth-order valence-electron chi connectivity index (χ4n) is 2.24. The van der Waals surface area contributed by atoms with E-state index in [0.717, 1.165) is 18.6 Å². The van der Waals surface area contributed by atoms with E-state index in [0.29, 0.717) is 17.3 Å². The minimum Gasteiger partial charge on any atom is -0.481 e. The van der Waals surface area contributed by atoms with Crippen molar-refractivity contribution in [2.75, 3.05) is 0 Å². The maximum absolute atomic E-state index is 13.7. The minimum atomic E-state index is -4.08.